The van der Waals surface area contributed by atoms with E-state index in [-0.39, 0.29) is 17.7 Å². The second-order valence-electron chi connectivity index (χ2n) is 9.84. The number of benzene rings is 3. The van der Waals surface area contributed by atoms with Crippen molar-refractivity contribution in [3.8, 4) is 0 Å². The molecule has 1 unspecified atom stereocenters. The molecule has 5 rings (SSSR count). The highest BCUT2D eigenvalue weighted by Gasteiger charge is 2.28. The Morgan fingerprint density at radius 3 is 2.58 bits per heavy atom. The Morgan fingerprint density at radius 1 is 1.00 bits per heavy atom. The van der Waals surface area contributed by atoms with Crippen LogP contribution in [0.1, 0.15) is 24.0 Å². The minimum Gasteiger partial charge on any atom is -0.361 e. The lowest BCUT2D eigenvalue weighted by Crippen LogP contribution is -2.51. The van der Waals surface area contributed by atoms with E-state index in [0.29, 0.717) is 13.0 Å². The van der Waals surface area contributed by atoms with Crippen molar-refractivity contribution in [3.05, 3.63) is 84.1 Å². The summed E-state index contributed by atoms with van der Waals surface area (Å²) in [6.45, 7) is 2.26. The van der Waals surface area contributed by atoms with Gasteiger partial charge in [0, 0.05) is 43.0 Å². The summed E-state index contributed by atoms with van der Waals surface area (Å²) in [5, 5.41) is 9.92. The van der Waals surface area contributed by atoms with Crippen molar-refractivity contribution >= 4 is 33.5 Å². The summed E-state index contributed by atoms with van der Waals surface area (Å²) >= 11 is 0. The summed E-state index contributed by atoms with van der Waals surface area (Å²) in [7, 11) is 1.83. The summed E-state index contributed by atoms with van der Waals surface area (Å²) in [6.07, 6.45) is 4.85. The van der Waals surface area contributed by atoms with Gasteiger partial charge in [0.1, 0.15) is 6.04 Å². The fraction of sp³-hybridized carbons (Fsp3) is 0.333. The summed E-state index contributed by atoms with van der Waals surface area (Å²) in [5.41, 5.74) is 3.34. The van der Waals surface area contributed by atoms with E-state index in [2.05, 4.69) is 58.1 Å². The Labute approximate surface area is 212 Å². The van der Waals surface area contributed by atoms with E-state index in [9.17, 15) is 9.59 Å². The smallest absolute Gasteiger partial charge is 0.245 e. The molecular weight excluding hydrogens is 448 g/mol. The molecule has 36 heavy (non-hydrogen) atoms. The molecule has 1 fully saturated rings. The zero-order valence-corrected chi connectivity index (χ0v) is 20.8. The van der Waals surface area contributed by atoms with Crippen LogP contribution in [-0.4, -0.2) is 54.4 Å². The lowest BCUT2D eigenvalue weighted by atomic mass is 9.95. The molecule has 0 bridgehead atoms. The number of nitrogens with one attached hydrogen (secondary N) is 3. The molecule has 1 atom stereocenters. The van der Waals surface area contributed by atoms with Gasteiger partial charge < -0.3 is 20.5 Å². The van der Waals surface area contributed by atoms with Gasteiger partial charge in [-0.3, -0.25) is 9.59 Å². The minimum absolute atomic E-state index is 0.0133. The second kappa shape index (κ2) is 11.0. The number of amides is 2. The monoisotopic (exact) mass is 482 g/mol. The number of fused-ring (bicyclic) bond motifs is 2. The molecular formula is C30H34N4O2. The Morgan fingerprint density at radius 2 is 1.75 bits per heavy atom. The largest absolute Gasteiger partial charge is 0.361 e. The lowest BCUT2D eigenvalue weighted by molar-refractivity contribution is -0.136. The molecule has 3 aromatic carbocycles. The molecule has 1 aromatic heterocycles. The van der Waals surface area contributed by atoms with Crippen molar-refractivity contribution < 1.29 is 9.59 Å². The average molecular weight is 483 g/mol. The van der Waals surface area contributed by atoms with E-state index in [1.54, 1.807) is 4.90 Å². The average Bonchev–Trinajstić information content (AvgIpc) is 3.34. The molecule has 2 amide bonds. The van der Waals surface area contributed by atoms with Crippen LogP contribution >= 0.6 is 0 Å². The molecule has 0 spiro atoms. The molecule has 0 radical (unpaired) electrons. The zero-order valence-electron chi connectivity index (χ0n) is 20.8. The van der Waals surface area contributed by atoms with E-state index in [1.807, 2.05) is 37.5 Å². The number of carbonyl (C=O) groups excluding carboxylic acids is 2. The fourth-order valence-corrected chi connectivity index (χ4v) is 5.18. The van der Waals surface area contributed by atoms with Crippen molar-refractivity contribution in [2.24, 2.45) is 5.92 Å². The maximum Gasteiger partial charge on any atom is 0.245 e. The number of H-pyrrole nitrogens is 1. The maximum atomic E-state index is 13.6. The van der Waals surface area contributed by atoms with Crippen LogP contribution in [0.25, 0.3) is 21.7 Å². The first kappa shape index (κ1) is 24.1. The number of carbonyl (C=O) groups is 2. The van der Waals surface area contributed by atoms with E-state index in [1.165, 1.54) is 16.3 Å². The third-order valence-electron chi connectivity index (χ3n) is 7.35. The normalized spacial score (nSPS) is 15.1. The highest BCUT2D eigenvalue weighted by Crippen LogP contribution is 2.20. The zero-order chi connectivity index (χ0) is 24.9. The first-order valence-corrected chi connectivity index (χ1v) is 12.9. The molecule has 1 aliphatic heterocycles. The van der Waals surface area contributed by atoms with Crippen LogP contribution in [0.15, 0.2) is 72.9 Å². The van der Waals surface area contributed by atoms with Gasteiger partial charge in [-0.25, -0.2) is 0 Å². The Hall–Kier alpha value is -3.64. The molecule has 0 saturated carbocycles. The molecule has 186 valence electrons. The van der Waals surface area contributed by atoms with E-state index in [0.717, 1.165) is 48.8 Å². The third-order valence-corrected chi connectivity index (χ3v) is 7.35. The topological polar surface area (TPSA) is 77.2 Å². The predicted molar refractivity (Wildman–Crippen MR) is 145 cm³/mol. The molecule has 2 heterocycles. The van der Waals surface area contributed by atoms with Gasteiger partial charge in [-0.05, 0) is 60.3 Å². The predicted octanol–water partition coefficient (Wildman–Crippen LogP) is 4.05. The number of para-hydroxylation sites is 1. The van der Waals surface area contributed by atoms with Crippen LogP contribution < -0.4 is 10.6 Å². The summed E-state index contributed by atoms with van der Waals surface area (Å²) in [4.78, 5) is 31.8. The van der Waals surface area contributed by atoms with Gasteiger partial charge in [0.25, 0.3) is 0 Å². The van der Waals surface area contributed by atoms with E-state index < -0.39 is 6.04 Å². The Balaban J connectivity index is 1.31. The minimum atomic E-state index is -0.596. The molecule has 1 saturated heterocycles. The van der Waals surface area contributed by atoms with Crippen LogP contribution in [-0.2, 0) is 22.4 Å². The maximum absolute atomic E-state index is 13.6. The van der Waals surface area contributed by atoms with Gasteiger partial charge in [0.15, 0.2) is 0 Å². The number of hydrogen-bond acceptors (Lipinski definition) is 3. The fourth-order valence-electron chi connectivity index (χ4n) is 5.18. The van der Waals surface area contributed by atoms with Gasteiger partial charge >= 0.3 is 0 Å². The first-order chi connectivity index (χ1) is 17.6. The Bertz CT molecular complexity index is 1360. The molecule has 0 aliphatic carbocycles. The van der Waals surface area contributed by atoms with Crippen molar-refractivity contribution in [1.82, 2.24) is 20.5 Å². The van der Waals surface area contributed by atoms with Crippen molar-refractivity contribution in [1.29, 1.82) is 0 Å². The Kier molecular flexibility index (Phi) is 7.33. The van der Waals surface area contributed by atoms with E-state index >= 15 is 0 Å². The lowest BCUT2D eigenvalue weighted by Gasteiger charge is -2.28. The first-order valence-electron chi connectivity index (χ1n) is 12.9. The van der Waals surface area contributed by atoms with Crippen LogP contribution in [0.2, 0.25) is 0 Å². The van der Waals surface area contributed by atoms with Crippen LogP contribution in [0.3, 0.4) is 0 Å². The van der Waals surface area contributed by atoms with Crippen LogP contribution in [0.4, 0.5) is 0 Å². The number of rotatable bonds is 8. The van der Waals surface area contributed by atoms with Crippen molar-refractivity contribution in [2.75, 3.05) is 26.7 Å². The van der Waals surface area contributed by atoms with Gasteiger partial charge in [-0.1, -0.05) is 60.7 Å². The van der Waals surface area contributed by atoms with Crippen molar-refractivity contribution in [2.45, 2.75) is 31.7 Å². The number of hydrogen-bond donors (Lipinski definition) is 3. The summed E-state index contributed by atoms with van der Waals surface area (Å²) < 4.78 is 0. The van der Waals surface area contributed by atoms with Crippen molar-refractivity contribution in [3.63, 3.8) is 0 Å². The molecule has 1 aliphatic rings. The summed E-state index contributed by atoms with van der Waals surface area (Å²) in [5.74, 6) is -0.111. The highest BCUT2D eigenvalue weighted by molar-refractivity contribution is 5.89. The molecule has 3 N–H and O–H groups in total. The van der Waals surface area contributed by atoms with Gasteiger partial charge in [0.05, 0.1) is 0 Å². The van der Waals surface area contributed by atoms with Gasteiger partial charge in [-0.2, -0.15) is 0 Å². The molecule has 6 heteroatoms. The number of nitrogens with zero attached hydrogens (tertiary/aromatic N) is 1. The standard InChI is InChI=1S/C30H34N4O2/c1-34(17-14-25-20-32-27-9-5-4-8-26(25)27)30(36)28(33-29(35)23-12-15-31-16-13-23)19-21-10-11-22-6-2-3-7-24(22)18-21/h2-11,18,20,23,28,31-32H,12-17,19H2,1H3,(H,33,35). The highest BCUT2D eigenvalue weighted by atomic mass is 16.2. The SMILES string of the molecule is CN(CCc1c[nH]c2ccccc12)C(=O)C(Cc1ccc2ccccc2c1)NC(=O)C1CCNCC1. The van der Waals surface area contributed by atoms with E-state index in [4.69, 9.17) is 0 Å². The third kappa shape index (κ3) is 5.44. The van der Waals surface area contributed by atoms with Gasteiger partial charge in [-0.15, -0.1) is 0 Å². The number of aromatic nitrogens is 1. The molecule has 4 aromatic rings. The molecule has 6 nitrogen and oxygen atoms in total. The number of piperidine rings is 1. The second-order valence-corrected chi connectivity index (χ2v) is 9.84. The van der Waals surface area contributed by atoms with Crippen LogP contribution in [0, 0.1) is 5.92 Å². The number of aromatic amines is 1. The van der Waals surface area contributed by atoms with Crippen LogP contribution in [0.5, 0.6) is 0 Å². The quantitative estimate of drug-likeness (QED) is 0.355. The van der Waals surface area contributed by atoms with Gasteiger partial charge in [0.2, 0.25) is 11.8 Å². The number of likely N-dealkylation sites (N-methyl/N-ethyl adjacent to an activating group) is 1. The summed E-state index contributed by atoms with van der Waals surface area (Å²) in [6, 6.07) is 22.1.